The first-order valence-corrected chi connectivity index (χ1v) is 4.07. The van der Waals surface area contributed by atoms with Gasteiger partial charge in [0.2, 0.25) is 0 Å². The summed E-state index contributed by atoms with van der Waals surface area (Å²) < 4.78 is 0. The van der Waals surface area contributed by atoms with Crippen LogP contribution in [0.1, 0.15) is 11.1 Å². The average Bonchev–Trinajstić information content (AvgIpc) is 2.30. The average molecular weight is 163 g/mol. The number of rotatable bonds is 0. The molecule has 1 aromatic carbocycles. The number of aryl methyl sites for hydroxylation is 2. The highest BCUT2D eigenvalue weighted by molar-refractivity contribution is 5.75. The minimum atomic E-state index is -0.138. The van der Waals surface area contributed by atoms with E-state index in [1.165, 1.54) is 11.1 Å². The van der Waals surface area contributed by atoms with E-state index in [0.29, 0.717) is 0 Å². The Morgan fingerprint density at radius 3 is 1.92 bits per heavy atom. The van der Waals surface area contributed by atoms with E-state index in [1.54, 1.807) is 0 Å². The van der Waals surface area contributed by atoms with Crippen LogP contribution < -0.4 is 16.4 Å². The molecule has 0 aromatic heterocycles. The Labute approximate surface area is 72.0 Å². The zero-order valence-electron chi connectivity index (χ0n) is 7.31. The van der Waals surface area contributed by atoms with Crippen molar-refractivity contribution in [1.29, 1.82) is 0 Å². The van der Waals surface area contributed by atoms with E-state index in [-0.39, 0.29) is 6.29 Å². The molecule has 0 aliphatic carbocycles. The predicted molar refractivity (Wildman–Crippen MR) is 51.1 cm³/mol. The molecule has 0 spiro atoms. The molecule has 0 atom stereocenters. The Morgan fingerprint density at radius 2 is 1.50 bits per heavy atom. The van der Waals surface area contributed by atoms with Crippen molar-refractivity contribution < 1.29 is 0 Å². The van der Waals surface area contributed by atoms with Gasteiger partial charge >= 0.3 is 0 Å². The van der Waals surface area contributed by atoms with Crippen LogP contribution in [0.25, 0.3) is 0 Å². The summed E-state index contributed by atoms with van der Waals surface area (Å²) in [6, 6.07) is 4.23. The summed E-state index contributed by atoms with van der Waals surface area (Å²) in [7, 11) is 0. The molecule has 1 heterocycles. The third kappa shape index (κ3) is 1.02. The molecule has 0 fully saturated rings. The lowest BCUT2D eigenvalue weighted by Crippen LogP contribution is -2.31. The van der Waals surface area contributed by atoms with E-state index < -0.39 is 0 Å². The van der Waals surface area contributed by atoms with Crippen LogP contribution in [0.2, 0.25) is 0 Å². The van der Waals surface area contributed by atoms with Crippen molar-refractivity contribution in [1.82, 2.24) is 0 Å². The molecular formula is C9H13N3. The van der Waals surface area contributed by atoms with Crippen molar-refractivity contribution in [2.24, 2.45) is 5.73 Å². The molecule has 1 aliphatic rings. The number of nitrogens with one attached hydrogen (secondary N) is 2. The number of anilines is 2. The standard InChI is InChI=1S/C9H13N3/c1-5-3-7-8(4-6(5)2)12-9(10)11-7/h3-4,9,11-12H,10H2,1-2H3. The highest BCUT2D eigenvalue weighted by atomic mass is 15.3. The molecule has 0 radical (unpaired) electrons. The molecule has 2 rings (SSSR count). The topological polar surface area (TPSA) is 50.1 Å². The normalized spacial score (nSPS) is 15.2. The van der Waals surface area contributed by atoms with E-state index >= 15 is 0 Å². The molecule has 0 unspecified atom stereocenters. The predicted octanol–water partition coefficient (Wildman–Crippen LogP) is 1.38. The van der Waals surface area contributed by atoms with Gasteiger partial charge in [-0.3, -0.25) is 5.73 Å². The second-order valence-corrected chi connectivity index (χ2v) is 3.25. The number of hydrogen-bond acceptors (Lipinski definition) is 3. The third-order valence-corrected chi connectivity index (χ3v) is 2.26. The Bertz CT molecular complexity index is 289. The van der Waals surface area contributed by atoms with Crippen LogP contribution in [0.3, 0.4) is 0 Å². The zero-order valence-corrected chi connectivity index (χ0v) is 7.31. The second-order valence-electron chi connectivity index (χ2n) is 3.25. The number of nitrogens with two attached hydrogens (primary N) is 1. The van der Waals surface area contributed by atoms with Crippen LogP contribution in [-0.2, 0) is 0 Å². The Morgan fingerprint density at radius 1 is 1.08 bits per heavy atom. The van der Waals surface area contributed by atoms with Crippen LogP contribution in [-0.4, -0.2) is 6.29 Å². The Balaban J connectivity index is 2.48. The molecule has 0 amide bonds. The molecule has 1 aromatic rings. The fourth-order valence-corrected chi connectivity index (χ4v) is 1.43. The van der Waals surface area contributed by atoms with Crippen LogP contribution in [0.4, 0.5) is 11.4 Å². The monoisotopic (exact) mass is 163 g/mol. The Hall–Kier alpha value is -1.22. The zero-order chi connectivity index (χ0) is 8.72. The molecule has 4 N–H and O–H groups in total. The van der Waals surface area contributed by atoms with Crippen LogP contribution in [0.5, 0.6) is 0 Å². The molecule has 1 aliphatic heterocycles. The SMILES string of the molecule is Cc1cc2c(cc1C)NC(N)N2. The smallest absolute Gasteiger partial charge is 0.150 e. The summed E-state index contributed by atoms with van der Waals surface area (Å²) in [4.78, 5) is 0. The maximum atomic E-state index is 5.66. The molecule has 64 valence electrons. The quantitative estimate of drug-likeness (QED) is 0.541. The minimum absolute atomic E-state index is 0.138. The maximum absolute atomic E-state index is 5.66. The summed E-state index contributed by atoms with van der Waals surface area (Å²) in [6.07, 6.45) is -0.138. The van der Waals surface area contributed by atoms with Crippen molar-refractivity contribution in [3.63, 3.8) is 0 Å². The molecule has 0 saturated heterocycles. The lowest BCUT2D eigenvalue weighted by atomic mass is 10.1. The number of benzene rings is 1. The molecule has 0 saturated carbocycles. The van der Waals surface area contributed by atoms with Crippen LogP contribution >= 0.6 is 0 Å². The van der Waals surface area contributed by atoms with Gasteiger partial charge in [0, 0.05) is 0 Å². The van der Waals surface area contributed by atoms with Crippen LogP contribution in [0.15, 0.2) is 12.1 Å². The summed E-state index contributed by atoms with van der Waals surface area (Å²) >= 11 is 0. The van der Waals surface area contributed by atoms with Gasteiger partial charge in [0.15, 0.2) is 6.29 Å². The van der Waals surface area contributed by atoms with Crippen molar-refractivity contribution >= 4 is 11.4 Å². The van der Waals surface area contributed by atoms with Gasteiger partial charge in [-0.25, -0.2) is 0 Å². The van der Waals surface area contributed by atoms with Crippen molar-refractivity contribution in [3.05, 3.63) is 23.3 Å². The fraction of sp³-hybridized carbons (Fsp3) is 0.333. The van der Waals surface area contributed by atoms with Gasteiger partial charge in [0.25, 0.3) is 0 Å². The summed E-state index contributed by atoms with van der Waals surface area (Å²) in [5, 5.41) is 6.26. The molecule has 3 heteroatoms. The molecular weight excluding hydrogens is 150 g/mol. The number of fused-ring (bicyclic) bond motifs is 1. The van der Waals surface area contributed by atoms with Gasteiger partial charge in [-0.1, -0.05) is 0 Å². The highest BCUT2D eigenvalue weighted by Gasteiger charge is 2.15. The lowest BCUT2D eigenvalue weighted by Gasteiger charge is -2.03. The van der Waals surface area contributed by atoms with Gasteiger partial charge in [-0.15, -0.1) is 0 Å². The van der Waals surface area contributed by atoms with Crippen molar-refractivity contribution in [3.8, 4) is 0 Å². The lowest BCUT2D eigenvalue weighted by molar-refractivity contribution is 0.902. The van der Waals surface area contributed by atoms with E-state index in [0.717, 1.165) is 11.4 Å². The van der Waals surface area contributed by atoms with Gasteiger partial charge in [0.1, 0.15) is 0 Å². The first-order valence-electron chi connectivity index (χ1n) is 4.07. The molecule has 0 bridgehead atoms. The van der Waals surface area contributed by atoms with E-state index in [4.69, 9.17) is 5.73 Å². The highest BCUT2D eigenvalue weighted by Crippen LogP contribution is 2.30. The van der Waals surface area contributed by atoms with E-state index in [1.807, 2.05) is 0 Å². The first-order chi connectivity index (χ1) is 5.66. The molecule has 3 nitrogen and oxygen atoms in total. The second kappa shape index (κ2) is 2.38. The summed E-state index contributed by atoms with van der Waals surface area (Å²) in [6.45, 7) is 4.20. The largest absolute Gasteiger partial charge is 0.352 e. The van der Waals surface area contributed by atoms with Gasteiger partial charge < -0.3 is 10.6 Å². The van der Waals surface area contributed by atoms with E-state index in [9.17, 15) is 0 Å². The Kier molecular flexibility index (Phi) is 1.48. The summed E-state index contributed by atoms with van der Waals surface area (Å²) in [5.41, 5.74) is 10.4. The first kappa shape index (κ1) is 7.43. The van der Waals surface area contributed by atoms with Crippen molar-refractivity contribution in [2.45, 2.75) is 20.1 Å². The van der Waals surface area contributed by atoms with Gasteiger partial charge in [-0.05, 0) is 37.1 Å². The summed E-state index contributed by atoms with van der Waals surface area (Å²) in [5.74, 6) is 0. The van der Waals surface area contributed by atoms with E-state index in [2.05, 4.69) is 36.6 Å². The van der Waals surface area contributed by atoms with Crippen LogP contribution in [0, 0.1) is 13.8 Å². The third-order valence-electron chi connectivity index (χ3n) is 2.26. The number of hydrogen-bond donors (Lipinski definition) is 3. The van der Waals surface area contributed by atoms with Gasteiger partial charge in [-0.2, -0.15) is 0 Å². The fourth-order valence-electron chi connectivity index (χ4n) is 1.43. The van der Waals surface area contributed by atoms with Gasteiger partial charge in [0.05, 0.1) is 11.4 Å². The minimum Gasteiger partial charge on any atom is -0.352 e. The maximum Gasteiger partial charge on any atom is 0.150 e. The van der Waals surface area contributed by atoms with Crippen molar-refractivity contribution in [2.75, 3.05) is 10.6 Å². The molecule has 12 heavy (non-hydrogen) atoms.